The van der Waals surface area contributed by atoms with Crippen molar-refractivity contribution in [2.75, 3.05) is 0 Å². The summed E-state index contributed by atoms with van der Waals surface area (Å²) < 4.78 is 20.3. The minimum absolute atomic E-state index is 0.256. The van der Waals surface area contributed by atoms with Crippen LogP contribution >= 0.6 is 0 Å². The molecule has 0 saturated heterocycles. The summed E-state index contributed by atoms with van der Waals surface area (Å²) in [5, 5.41) is 8.08. The maximum absolute atomic E-state index is 13.2. The number of fused-ring (bicyclic) bond motifs is 1. The van der Waals surface area contributed by atoms with Crippen molar-refractivity contribution in [1.29, 1.82) is 0 Å². The Labute approximate surface area is 161 Å². The first-order chi connectivity index (χ1) is 13.4. The largest absolute Gasteiger partial charge is 0.463 e. The van der Waals surface area contributed by atoms with Crippen LogP contribution in [0, 0.1) is 12.7 Å². The molecule has 4 rings (SSSR count). The number of amides is 1. The van der Waals surface area contributed by atoms with E-state index < -0.39 is 0 Å². The Balaban J connectivity index is 1.76. The number of halogens is 1. The number of pyridine rings is 1. The SMILES string of the molecule is Cc1nn(C)c2nc(-c3ccco3)cc(C(=O)N[C@@H](C)c3ccc(F)cc3)c12. The quantitative estimate of drug-likeness (QED) is 0.579. The van der Waals surface area contributed by atoms with Crippen LogP contribution < -0.4 is 5.32 Å². The minimum atomic E-state index is -0.313. The van der Waals surface area contributed by atoms with Crippen molar-refractivity contribution in [3.05, 3.63) is 71.4 Å². The fourth-order valence-corrected chi connectivity index (χ4v) is 3.28. The van der Waals surface area contributed by atoms with Gasteiger partial charge >= 0.3 is 0 Å². The molecule has 1 N–H and O–H groups in total. The molecule has 3 heterocycles. The van der Waals surface area contributed by atoms with Crippen LogP contribution in [0.3, 0.4) is 0 Å². The first-order valence-electron chi connectivity index (χ1n) is 8.88. The van der Waals surface area contributed by atoms with Gasteiger partial charge in [-0.2, -0.15) is 5.10 Å². The van der Waals surface area contributed by atoms with Crippen molar-refractivity contribution in [2.24, 2.45) is 7.05 Å². The van der Waals surface area contributed by atoms with Crippen LogP contribution in [0.25, 0.3) is 22.5 Å². The molecule has 0 fully saturated rings. The fourth-order valence-electron chi connectivity index (χ4n) is 3.28. The highest BCUT2D eigenvalue weighted by Gasteiger charge is 2.21. The number of nitrogens with zero attached hydrogens (tertiary/aromatic N) is 3. The molecule has 0 aliphatic carbocycles. The second kappa shape index (κ2) is 6.92. The van der Waals surface area contributed by atoms with E-state index in [1.807, 2.05) is 13.8 Å². The molecule has 0 aliphatic rings. The number of carbonyl (C=O) groups excluding carboxylic acids is 1. The van der Waals surface area contributed by atoms with Gasteiger partial charge in [-0.3, -0.25) is 9.48 Å². The number of aryl methyl sites for hydroxylation is 2. The zero-order valence-corrected chi connectivity index (χ0v) is 15.7. The van der Waals surface area contributed by atoms with Crippen LogP contribution in [0.1, 0.15) is 34.6 Å². The summed E-state index contributed by atoms with van der Waals surface area (Å²) in [6.45, 7) is 3.70. The number of benzene rings is 1. The molecule has 28 heavy (non-hydrogen) atoms. The van der Waals surface area contributed by atoms with Crippen molar-refractivity contribution < 1.29 is 13.6 Å². The lowest BCUT2D eigenvalue weighted by molar-refractivity contribution is 0.0941. The van der Waals surface area contributed by atoms with Crippen LogP contribution in [0.5, 0.6) is 0 Å². The van der Waals surface area contributed by atoms with Crippen molar-refractivity contribution in [3.8, 4) is 11.5 Å². The topological polar surface area (TPSA) is 73.0 Å². The van der Waals surface area contributed by atoms with Gasteiger partial charge in [0.1, 0.15) is 11.5 Å². The molecule has 1 aromatic carbocycles. The standard InChI is InChI=1S/C21H19FN4O2/c1-12(14-6-8-15(22)9-7-14)23-21(27)16-11-17(18-5-4-10-28-18)24-20-19(16)13(2)25-26(20)3/h4-12H,1-3H3,(H,23,27)/t12-/m0/s1. The Bertz CT molecular complexity index is 1150. The van der Waals surface area contributed by atoms with Crippen LogP contribution in [0.4, 0.5) is 4.39 Å². The first kappa shape index (κ1) is 17.9. The van der Waals surface area contributed by atoms with Crippen molar-refractivity contribution >= 4 is 16.9 Å². The van der Waals surface area contributed by atoms with Gasteiger partial charge in [-0.05, 0) is 49.7 Å². The predicted octanol–water partition coefficient (Wildman–Crippen LogP) is 4.17. The van der Waals surface area contributed by atoms with E-state index in [9.17, 15) is 9.18 Å². The monoisotopic (exact) mass is 378 g/mol. The van der Waals surface area contributed by atoms with E-state index >= 15 is 0 Å². The third kappa shape index (κ3) is 3.15. The summed E-state index contributed by atoms with van der Waals surface area (Å²) >= 11 is 0. The van der Waals surface area contributed by atoms with Crippen molar-refractivity contribution in [1.82, 2.24) is 20.1 Å². The molecule has 6 nitrogen and oxygen atoms in total. The lowest BCUT2D eigenvalue weighted by Gasteiger charge is -2.15. The smallest absolute Gasteiger partial charge is 0.252 e. The number of rotatable bonds is 4. The fraction of sp³-hybridized carbons (Fsp3) is 0.190. The molecule has 4 aromatic rings. The summed E-state index contributed by atoms with van der Waals surface area (Å²) in [4.78, 5) is 17.7. The molecular weight excluding hydrogens is 359 g/mol. The molecule has 0 bridgehead atoms. The molecule has 0 spiro atoms. The van der Waals surface area contributed by atoms with Crippen LogP contribution in [-0.2, 0) is 7.05 Å². The highest BCUT2D eigenvalue weighted by atomic mass is 19.1. The Morgan fingerprint density at radius 2 is 2.00 bits per heavy atom. The van der Waals surface area contributed by atoms with Gasteiger partial charge in [-0.25, -0.2) is 9.37 Å². The van der Waals surface area contributed by atoms with Gasteiger partial charge in [0.05, 0.1) is 28.9 Å². The number of carbonyl (C=O) groups is 1. The molecule has 0 radical (unpaired) electrons. The normalized spacial score (nSPS) is 12.3. The Morgan fingerprint density at radius 3 is 2.68 bits per heavy atom. The average Bonchev–Trinajstić information content (AvgIpc) is 3.30. The molecule has 0 saturated carbocycles. The maximum atomic E-state index is 13.2. The summed E-state index contributed by atoms with van der Waals surface area (Å²) in [6.07, 6.45) is 1.56. The number of hydrogen-bond donors (Lipinski definition) is 1. The van der Waals surface area contributed by atoms with Crippen LogP contribution in [0.2, 0.25) is 0 Å². The number of nitrogens with one attached hydrogen (secondary N) is 1. The summed E-state index contributed by atoms with van der Waals surface area (Å²) in [6, 6.07) is 11.1. The highest BCUT2D eigenvalue weighted by Crippen LogP contribution is 2.27. The van der Waals surface area contributed by atoms with Crippen LogP contribution in [-0.4, -0.2) is 20.7 Å². The minimum Gasteiger partial charge on any atom is -0.463 e. The van der Waals surface area contributed by atoms with E-state index in [4.69, 9.17) is 4.42 Å². The molecule has 3 aromatic heterocycles. The third-order valence-corrected chi connectivity index (χ3v) is 4.70. The Morgan fingerprint density at radius 1 is 1.25 bits per heavy atom. The van der Waals surface area contributed by atoms with Gasteiger partial charge in [-0.1, -0.05) is 12.1 Å². The highest BCUT2D eigenvalue weighted by molar-refractivity contribution is 6.07. The Hall–Kier alpha value is -3.48. The predicted molar refractivity (Wildman–Crippen MR) is 103 cm³/mol. The van der Waals surface area contributed by atoms with E-state index in [-0.39, 0.29) is 17.8 Å². The lowest BCUT2D eigenvalue weighted by Crippen LogP contribution is -2.27. The summed E-state index contributed by atoms with van der Waals surface area (Å²) in [5.74, 6) is 0.00158. The molecule has 1 atom stereocenters. The molecule has 1 amide bonds. The molecule has 7 heteroatoms. The van der Waals surface area contributed by atoms with Gasteiger partial charge in [-0.15, -0.1) is 0 Å². The van der Waals surface area contributed by atoms with Crippen molar-refractivity contribution in [2.45, 2.75) is 19.9 Å². The van der Waals surface area contributed by atoms with Crippen LogP contribution in [0.15, 0.2) is 53.1 Å². The maximum Gasteiger partial charge on any atom is 0.252 e. The van der Waals surface area contributed by atoms with Gasteiger partial charge in [0.25, 0.3) is 5.91 Å². The first-order valence-corrected chi connectivity index (χ1v) is 8.88. The number of hydrogen-bond acceptors (Lipinski definition) is 4. The number of furan rings is 1. The van der Waals surface area contributed by atoms with Gasteiger partial charge < -0.3 is 9.73 Å². The Kier molecular flexibility index (Phi) is 4.43. The van der Waals surface area contributed by atoms with E-state index in [2.05, 4.69) is 15.4 Å². The second-order valence-corrected chi connectivity index (χ2v) is 6.69. The average molecular weight is 378 g/mol. The zero-order valence-electron chi connectivity index (χ0n) is 15.7. The molecule has 0 unspecified atom stereocenters. The van der Waals surface area contributed by atoms with Gasteiger partial charge in [0.2, 0.25) is 0 Å². The molecule has 142 valence electrons. The van der Waals surface area contributed by atoms with Crippen molar-refractivity contribution in [3.63, 3.8) is 0 Å². The lowest BCUT2D eigenvalue weighted by atomic mass is 10.1. The van der Waals surface area contributed by atoms with E-state index in [1.165, 1.54) is 12.1 Å². The summed E-state index contributed by atoms with van der Waals surface area (Å²) in [5.41, 5.74) is 3.16. The molecular formula is C21H19FN4O2. The van der Waals surface area contributed by atoms with Gasteiger partial charge in [0.15, 0.2) is 11.4 Å². The summed E-state index contributed by atoms with van der Waals surface area (Å²) in [7, 11) is 1.79. The van der Waals surface area contributed by atoms with E-state index in [1.54, 1.807) is 48.3 Å². The van der Waals surface area contributed by atoms with E-state index in [0.29, 0.717) is 28.1 Å². The van der Waals surface area contributed by atoms with E-state index in [0.717, 1.165) is 11.3 Å². The zero-order chi connectivity index (χ0) is 19.8. The third-order valence-electron chi connectivity index (χ3n) is 4.70. The molecule has 0 aliphatic heterocycles. The number of aromatic nitrogens is 3. The second-order valence-electron chi connectivity index (χ2n) is 6.69. The van der Waals surface area contributed by atoms with Gasteiger partial charge in [0, 0.05) is 7.05 Å².